The number of carboxylic acid groups (broad SMARTS) is 3. The Bertz CT molecular complexity index is 1580. The van der Waals surface area contributed by atoms with E-state index in [1.807, 2.05) is 32.9 Å². The number of ether oxygens (including phenoxy) is 1. The van der Waals surface area contributed by atoms with Crippen molar-refractivity contribution in [3.05, 3.63) is 97.3 Å². The summed E-state index contributed by atoms with van der Waals surface area (Å²) in [4.78, 5) is 35.6. The number of benzene rings is 3. The van der Waals surface area contributed by atoms with Crippen molar-refractivity contribution < 1.29 is 38.8 Å². The minimum atomic E-state index is -1.23. The highest BCUT2D eigenvalue weighted by molar-refractivity contribution is 6.33. The smallest absolute Gasteiger partial charge is 0.339 e. The Kier molecular flexibility index (Phi) is 10.7. The average molecular weight is 625 g/mol. The van der Waals surface area contributed by atoms with Crippen molar-refractivity contribution in [3.8, 4) is 5.75 Å². The molecule has 1 aliphatic rings. The van der Waals surface area contributed by atoms with Crippen molar-refractivity contribution in [2.75, 3.05) is 0 Å². The van der Waals surface area contributed by atoms with Gasteiger partial charge in [-0.2, -0.15) is 0 Å². The minimum Gasteiger partial charge on any atom is -0.486 e. The van der Waals surface area contributed by atoms with Gasteiger partial charge in [-0.05, 0) is 129 Å². The van der Waals surface area contributed by atoms with Crippen molar-refractivity contribution in [1.82, 2.24) is 0 Å². The van der Waals surface area contributed by atoms with Gasteiger partial charge in [0.05, 0.1) is 22.3 Å². The predicted octanol–water partition coefficient (Wildman–Crippen LogP) is 8.11. The van der Waals surface area contributed by atoms with Crippen LogP contribution >= 0.6 is 11.6 Å². The van der Waals surface area contributed by atoms with Crippen LogP contribution in [0.1, 0.15) is 103 Å². The summed E-state index contributed by atoms with van der Waals surface area (Å²) in [7, 11) is 0. The van der Waals surface area contributed by atoms with Gasteiger partial charge in [-0.1, -0.05) is 36.7 Å². The van der Waals surface area contributed by atoms with E-state index in [1.54, 1.807) is 12.1 Å². The highest BCUT2D eigenvalue weighted by Crippen LogP contribution is 2.33. The number of rotatable bonds is 14. The normalized spacial score (nSPS) is 13.8. The number of carbonyl (C=O) groups is 3. The van der Waals surface area contributed by atoms with E-state index in [0.29, 0.717) is 55.2 Å². The fourth-order valence-corrected chi connectivity index (χ4v) is 6.15. The molecule has 0 aromatic heterocycles. The van der Waals surface area contributed by atoms with Crippen LogP contribution in [0.3, 0.4) is 0 Å². The van der Waals surface area contributed by atoms with Crippen LogP contribution in [0, 0.1) is 25.6 Å². The lowest BCUT2D eigenvalue weighted by atomic mass is 9.88. The molecule has 4 rings (SSSR count). The van der Waals surface area contributed by atoms with Gasteiger partial charge in [0, 0.05) is 0 Å². The van der Waals surface area contributed by atoms with Crippen LogP contribution in [-0.4, -0.2) is 39.3 Å². The van der Waals surface area contributed by atoms with Crippen LogP contribution in [0.25, 0.3) is 0 Å². The van der Waals surface area contributed by atoms with Gasteiger partial charge in [0.25, 0.3) is 0 Å². The number of hydrogen-bond donors (Lipinski definition) is 3. The standard InChI is InChI=1S/C35H38ClFO7/c1-19(10-11-22-12-13-27(33(38)39)32(31(22)37)44-26-8-5-9-26)14-25-17-21(3)23(18-28(25)34(40)41)6-4-7-24-15-20(2)16-29(36)30(24)35(42)43/h12-13,15-19,26H,4-11,14H2,1-3H3,(H,38,39)(H,40,41)(H,42,43). The highest BCUT2D eigenvalue weighted by Gasteiger charge is 2.26. The van der Waals surface area contributed by atoms with Crippen molar-refractivity contribution in [1.29, 1.82) is 0 Å². The second-order valence-electron chi connectivity index (χ2n) is 11.9. The fourth-order valence-electron chi connectivity index (χ4n) is 5.78. The summed E-state index contributed by atoms with van der Waals surface area (Å²) >= 11 is 6.19. The van der Waals surface area contributed by atoms with E-state index in [4.69, 9.17) is 16.3 Å². The van der Waals surface area contributed by atoms with Crippen LogP contribution in [0.15, 0.2) is 36.4 Å². The number of aromatic carboxylic acids is 3. The molecule has 234 valence electrons. The van der Waals surface area contributed by atoms with Gasteiger partial charge in [0.2, 0.25) is 0 Å². The average Bonchev–Trinajstić information content (AvgIpc) is 2.90. The second kappa shape index (κ2) is 14.2. The molecule has 44 heavy (non-hydrogen) atoms. The third-order valence-electron chi connectivity index (χ3n) is 8.43. The number of carboxylic acids is 3. The lowest BCUT2D eigenvalue weighted by Gasteiger charge is -2.27. The Morgan fingerprint density at radius 3 is 2.18 bits per heavy atom. The lowest BCUT2D eigenvalue weighted by Crippen LogP contribution is -2.26. The van der Waals surface area contributed by atoms with E-state index in [9.17, 15) is 29.7 Å². The van der Waals surface area contributed by atoms with Gasteiger partial charge in [-0.25, -0.2) is 18.8 Å². The molecular formula is C35H38ClFO7. The molecule has 7 nitrogen and oxygen atoms in total. The Morgan fingerprint density at radius 2 is 1.57 bits per heavy atom. The van der Waals surface area contributed by atoms with Gasteiger partial charge in [0.15, 0.2) is 11.6 Å². The molecule has 3 aromatic carbocycles. The van der Waals surface area contributed by atoms with Crippen LogP contribution in [0.2, 0.25) is 5.02 Å². The Labute approximate surface area is 261 Å². The van der Waals surface area contributed by atoms with Gasteiger partial charge in [-0.15, -0.1) is 0 Å². The molecular weight excluding hydrogens is 587 g/mol. The van der Waals surface area contributed by atoms with Crippen molar-refractivity contribution in [2.24, 2.45) is 5.92 Å². The van der Waals surface area contributed by atoms with E-state index < -0.39 is 23.7 Å². The summed E-state index contributed by atoms with van der Waals surface area (Å²) in [5.74, 6) is -4.15. The van der Waals surface area contributed by atoms with Gasteiger partial charge >= 0.3 is 17.9 Å². The molecule has 1 aliphatic carbocycles. The predicted molar refractivity (Wildman–Crippen MR) is 166 cm³/mol. The lowest BCUT2D eigenvalue weighted by molar-refractivity contribution is 0.0668. The Morgan fingerprint density at radius 1 is 0.886 bits per heavy atom. The molecule has 3 aromatic rings. The van der Waals surface area contributed by atoms with Gasteiger partial charge < -0.3 is 20.1 Å². The van der Waals surface area contributed by atoms with Crippen LogP contribution in [-0.2, 0) is 25.7 Å². The molecule has 0 amide bonds. The SMILES string of the molecule is Cc1cc(Cl)c(C(=O)O)c(CCCc2cc(C(=O)O)c(CC(C)CCc3ccc(C(=O)O)c(OC4CCC4)c3F)cc2C)c1. The molecule has 1 saturated carbocycles. The third-order valence-corrected chi connectivity index (χ3v) is 8.73. The summed E-state index contributed by atoms with van der Waals surface area (Å²) in [6, 6.07) is 9.93. The molecule has 0 spiro atoms. The van der Waals surface area contributed by atoms with Crippen molar-refractivity contribution in [3.63, 3.8) is 0 Å². The summed E-state index contributed by atoms with van der Waals surface area (Å²) in [6.45, 7) is 5.78. The fraction of sp³-hybridized carbons (Fsp3) is 0.400. The molecule has 1 unspecified atom stereocenters. The first-order valence-corrected chi connectivity index (χ1v) is 15.3. The minimum absolute atomic E-state index is 0.0217. The zero-order chi connectivity index (χ0) is 32.1. The summed E-state index contributed by atoms with van der Waals surface area (Å²) in [5, 5.41) is 29.3. The van der Waals surface area contributed by atoms with E-state index in [2.05, 4.69) is 0 Å². The zero-order valence-corrected chi connectivity index (χ0v) is 26.0. The maximum atomic E-state index is 15.4. The van der Waals surface area contributed by atoms with E-state index >= 15 is 4.39 Å². The van der Waals surface area contributed by atoms with E-state index in [1.165, 1.54) is 12.1 Å². The molecule has 0 radical (unpaired) electrons. The molecule has 0 aliphatic heterocycles. The molecule has 0 heterocycles. The number of halogens is 2. The Hall–Kier alpha value is -3.91. The molecule has 9 heteroatoms. The zero-order valence-electron chi connectivity index (χ0n) is 25.2. The van der Waals surface area contributed by atoms with Crippen LogP contribution in [0.5, 0.6) is 5.75 Å². The monoisotopic (exact) mass is 624 g/mol. The van der Waals surface area contributed by atoms with Gasteiger partial charge in [-0.3, -0.25) is 0 Å². The molecule has 0 bridgehead atoms. The first-order valence-electron chi connectivity index (χ1n) is 14.9. The maximum absolute atomic E-state index is 15.4. The van der Waals surface area contributed by atoms with Crippen molar-refractivity contribution >= 4 is 29.5 Å². The maximum Gasteiger partial charge on any atom is 0.339 e. The van der Waals surface area contributed by atoms with E-state index in [-0.39, 0.29) is 39.5 Å². The third kappa shape index (κ3) is 7.78. The first kappa shape index (κ1) is 33.0. The Balaban J connectivity index is 1.44. The highest BCUT2D eigenvalue weighted by atomic mass is 35.5. The molecule has 0 saturated heterocycles. The summed E-state index contributed by atoms with van der Waals surface area (Å²) < 4.78 is 21.1. The van der Waals surface area contributed by atoms with Crippen LogP contribution in [0.4, 0.5) is 4.39 Å². The number of aryl methyl sites for hydroxylation is 5. The molecule has 1 atom stereocenters. The first-order chi connectivity index (χ1) is 20.8. The van der Waals surface area contributed by atoms with Crippen LogP contribution < -0.4 is 4.74 Å². The van der Waals surface area contributed by atoms with Crippen molar-refractivity contribution in [2.45, 2.75) is 84.7 Å². The summed E-state index contributed by atoms with van der Waals surface area (Å²) in [5.41, 5.74) is 4.57. The molecule has 1 fully saturated rings. The second-order valence-corrected chi connectivity index (χ2v) is 12.3. The molecule has 3 N–H and O–H groups in total. The number of hydrogen-bond acceptors (Lipinski definition) is 4. The largest absolute Gasteiger partial charge is 0.486 e. The quantitative estimate of drug-likeness (QED) is 0.166. The topological polar surface area (TPSA) is 121 Å². The van der Waals surface area contributed by atoms with Gasteiger partial charge in [0.1, 0.15) is 5.56 Å². The van der Waals surface area contributed by atoms with E-state index in [0.717, 1.165) is 36.0 Å². The summed E-state index contributed by atoms with van der Waals surface area (Å²) in [6.07, 6.45) is 5.44.